The van der Waals surface area contributed by atoms with Gasteiger partial charge in [0.05, 0.1) is 18.7 Å². The van der Waals surface area contributed by atoms with Gasteiger partial charge in [-0.3, -0.25) is 4.79 Å². The van der Waals surface area contributed by atoms with Gasteiger partial charge in [0.2, 0.25) is 5.91 Å². The molecule has 0 unspecified atom stereocenters. The van der Waals surface area contributed by atoms with Gasteiger partial charge >= 0.3 is 0 Å². The average molecular weight is 235 g/mol. The fraction of sp³-hybridized carbons (Fsp3) is 0.889. The molecule has 88 valence electrons. The Morgan fingerprint density at radius 2 is 2.00 bits per heavy atom. The van der Waals surface area contributed by atoms with Gasteiger partial charge in [-0.15, -0.1) is 0 Å². The second-order valence-corrected chi connectivity index (χ2v) is 6.43. The number of amides is 1. The maximum Gasteiger partial charge on any atom is 0.237 e. The summed E-state index contributed by atoms with van der Waals surface area (Å²) in [5.74, 6) is -0.881. The van der Waals surface area contributed by atoms with Gasteiger partial charge in [-0.1, -0.05) is 13.3 Å². The van der Waals surface area contributed by atoms with Crippen molar-refractivity contribution >= 4 is 15.7 Å². The molecule has 0 spiro atoms. The normalized spacial score (nSPS) is 19.8. The van der Waals surface area contributed by atoms with E-state index in [0.29, 0.717) is 6.42 Å². The largest absolute Gasteiger partial charge is 0.386 e. The lowest BCUT2D eigenvalue weighted by Gasteiger charge is -2.46. The summed E-state index contributed by atoms with van der Waals surface area (Å²) in [6, 6.07) is 0. The number of rotatable bonds is 4. The molecule has 0 radical (unpaired) electrons. The predicted octanol–water partition coefficient (Wildman–Crippen LogP) is -0.596. The van der Waals surface area contributed by atoms with E-state index < -0.39 is 27.1 Å². The number of nitrogens with zero attached hydrogens (tertiary/aromatic N) is 1. The van der Waals surface area contributed by atoms with Gasteiger partial charge in [0.1, 0.15) is 5.75 Å². The van der Waals surface area contributed by atoms with Crippen molar-refractivity contribution in [2.75, 3.05) is 25.1 Å². The van der Waals surface area contributed by atoms with E-state index in [1.54, 1.807) is 0 Å². The predicted molar refractivity (Wildman–Crippen MR) is 56.1 cm³/mol. The Labute approximate surface area is 90.0 Å². The molecule has 15 heavy (non-hydrogen) atoms. The van der Waals surface area contributed by atoms with Crippen molar-refractivity contribution < 1.29 is 18.3 Å². The Kier molecular flexibility index (Phi) is 3.40. The van der Waals surface area contributed by atoms with E-state index in [1.807, 2.05) is 6.92 Å². The first-order chi connectivity index (χ1) is 6.76. The van der Waals surface area contributed by atoms with Crippen LogP contribution in [0.25, 0.3) is 0 Å². The summed E-state index contributed by atoms with van der Waals surface area (Å²) in [4.78, 5) is 12.8. The van der Waals surface area contributed by atoms with Crippen molar-refractivity contribution in [2.24, 2.45) is 0 Å². The van der Waals surface area contributed by atoms with Crippen molar-refractivity contribution in [3.05, 3.63) is 0 Å². The van der Waals surface area contributed by atoms with Crippen LogP contribution in [-0.2, 0) is 14.6 Å². The van der Waals surface area contributed by atoms with Gasteiger partial charge in [0, 0.05) is 6.26 Å². The Bertz CT molecular complexity index is 343. The molecule has 0 bridgehead atoms. The number of aliphatic hydroxyl groups is 1. The summed E-state index contributed by atoms with van der Waals surface area (Å²) in [5.41, 5.74) is -0.790. The van der Waals surface area contributed by atoms with E-state index >= 15 is 0 Å². The fourth-order valence-corrected chi connectivity index (χ4v) is 2.41. The van der Waals surface area contributed by atoms with Crippen LogP contribution in [0.3, 0.4) is 0 Å². The topological polar surface area (TPSA) is 74.7 Å². The van der Waals surface area contributed by atoms with Crippen molar-refractivity contribution in [2.45, 2.75) is 25.4 Å². The summed E-state index contributed by atoms with van der Waals surface area (Å²) in [5, 5.41) is 9.78. The van der Waals surface area contributed by atoms with Crippen molar-refractivity contribution in [3.8, 4) is 0 Å². The van der Waals surface area contributed by atoms with Crippen LogP contribution in [0.2, 0.25) is 0 Å². The van der Waals surface area contributed by atoms with Crippen LogP contribution < -0.4 is 0 Å². The Morgan fingerprint density at radius 3 is 2.40 bits per heavy atom. The lowest BCUT2D eigenvalue weighted by atomic mass is 9.89. The third kappa shape index (κ3) is 3.46. The first-order valence-electron chi connectivity index (χ1n) is 4.94. The second-order valence-electron chi connectivity index (χ2n) is 4.29. The smallest absolute Gasteiger partial charge is 0.237 e. The Hall–Kier alpha value is -0.620. The molecule has 1 fully saturated rings. The van der Waals surface area contributed by atoms with Crippen LogP contribution in [0.5, 0.6) is 0 Å². The molecule has 1 aliphatic heterocycles. The first kappa shape index (κ1) is 12.4. The highest BCUT2D eigenvalue weighted by molar-refractivity contribution is 7.91. The van der Waals surface area contributed by atoms with Crippen LogP contribution in [0, 0.1) is 0 Å². The molecule has 0 saturated carbocycles. The third-order valence-corrected chi connectivity index (χ3v) is 3.20. The van der Waals surface area contributed by atoms with Gasteiger partial charge in [-0.25, -0.2) is 8.42 Å². The summed E-state index contributed by atoms with van der Waals surface area (Å²) in [6.07, 6.45) is 2.53. The molecular formula is C9H17NO4S. The third-order valence-electron chi connectivity index (χ3n) is 2.42. The van der Waals surface area contributed by atoms with E-state index in [0.717, 1.165) is 12.7 Å². The highest BCUT2D eigenvalue weighted by Gasteiger charge is 2.42. The zero-order chi connectivity index (χ0) is 11.7. The molecule has 1 rings (SSSR count). The summed E-state index contributed by atoms with van der Waals surface area (Å²) in [7, 11) is -3.27. The molecule has 1 aliphatic rings. The maximum absolute atomic E-state index is 11.4. The summed E-state index contributed by atoms with van der Waals surface area (Å²) in [6.45, 7) is 2.48. The van der Waals surface area contributed by atoms with Gasteiger partial charge in [0.15, 0.2) is 9.84 Å². The highest BCUT2D eigenvalue weighted by Crippen LogP contribution is 2.25. The van der Waals surface area contributed by atoms with E-state index in [-0.39, 0.29) is 13.1 Å². The molecule has 6 heteroatoms. The minimum absolute atomic E-state index is 0.259. The average Bonchev–Trinajstić information content (AvgIpc) is 1.96. The van der Waals surface area contributed by atoms with Crippen molar-refractivity contribution in [1.82, 2.24) is 4.90 Å². The van der Waals surface area contributed by atoms with Crippen LogP contribution in [0.1, 0.15) is 19.8 Å². The highest BCUT2D eigenvalue weighted by atomic mass is 32.2. The minimum Gasteiger partial charge on any atom is -0.386 e. The molecule has 0 aromatic heterocycles. The monoisotopic (exact) mass is 235 g/mol. The van der Waals surface area contributed by atoms with Gasteiger partial charge in [-0.05, 0) is 6.42 Å². The van der Waals surface area contributed by atoms with E-state index in [4.69, 9.17) is 0 Å². The number of likely N-dealkylation sites (tertiary alicyclic amines) is 1. The number of sulfone groups is 1. The zero-order valence-electron chi connectivity index (χ0n) is 9.06. The molecule has 0 atom stereocenters. The molecule has 1 heterocycles. The summed E-state index contributed by atoms with van der Waals surface area (Å²) >= 11 is 0. The molecule has 1 saturated heterocycles. The Balaban J connectivity index is 2.42. The second kappa shape index (κ2) is 4.09. The molecule has 1 N–H and O–H groups in total. The van der Waals surface area contributed by atoms with Crippen LogP contribution in [-0.4, -0.2) is 55.0 Å². The fourth-order valence-electron chi connectivity index (χ4n) is 1.78. The SMILES string of the molecule is CCCC1(O)CN(C(=O)CS(C)(=O)=O)C1. The number of carbonyl (C=O) groups excluding carboxylic acids is 1. The molecule has 5 nitrogen and oxygen atoms in total. The quantitative estimate of drug-likeness (QED) is 0.706. The zero-order valence-corrected chi connectivity index (χ0v) is 9.88. The van der Waals surface area contributed by atoms with E-state index in [2.05, 4.69) is 0 Å². The van der Waals surface area contributed by atoms with E-state index in [9.17, 15) is 18.3 Å². The number of β-amino-alcohol motifs (C(OH)–C–C–N with tert-alkyl or cyclic N) is 1. The molecule has 0 aromatic carbocycles. The lowest BCUT2D eigenvalue weighted by molar-refractivity contribution is -0.153. The standard InChI is InChI=1S/C9H17NO4S/c1-3-4-9(12)6-10(7-9)8(11)5-15(2,13)14/h12H,3-7H2,1-2H3. The van der Waals surface area contributed by atoms with Crippen molar-refractivity contribution in [1.29, 1.82) is 0 Å². The molecule has 0 aliphatic carbocycles. The summed E-state index contributed by atoms with van der Waals surface area (Å²) < 4.78 is 21.7. The van der Waals surface area contributed by atoms with Gasteiger partial charge in [-0.2, -0.15) is 0 Å². The first-order valence-corrected chi connectivity index (χ1v) is 7.00. The van der Waals surface area contributed by atoms with Crippen LogP contribution in [0.15, 0.2) is 0 Å². The molecule has 1 amide bonds. The molecular weight excluding hydrogens is 218 g/mol. The van der Waals surface area contributed by atoms with Crippen LogP contribution >= 0.6 is 0 Å². The van der Waals surface area contributed by atoms with Gasteiger partial charge < -0.3 is 10.0 Å². The molecule has 0 aromatic rings. The number of hydrogen-bond acceptors (Lipinski definition) is 4. The number of carbonyl (C=O) groups is 1. The minimum atomic E-state index is -3.27. The van der Waals surface area contributed by atoms with E-state index in [1.165, 1.54) is 4.90 Å². The van der Waals surface area contributed by atoms with Crippen LogP contribution in [0.4, 0.5) is 0 Å². The van der Waals surface area contributed by atoms with Gasteiger partial charge in [0.25, 0.3) is 0 Å². The maximum atomic E-state index is 11.4. The Morgan fingerprint density at radius 1 is 1.47 bits per heavy atom. The number of hydrogen-bond donors (Lipinski definition) is 1. The van der Waals surface area contributed by atoms with Crippen molar-refractivity contribution in [3.63, 3.8) is 0 Å². The lowest BCUT2D eigenvalue weighted by Crippen LogP contribution is -2.64.